The van der Waals surface area contributed by atoms with Gasteiger partial charge in [-0.3, -0.25) is 0 Å². The lowest BCUT2D eigenvalue weighted by molar-refractivity contribution is -0.0970. The van der Waals surface area contributed by atoms with E-state index < -0.39 is 18.3 Å². The Bertz CT molecular complexity index is 258. The summed E-state index contributed by atoms with van der Waals surface area (Å²) in [5, 5.41) is 28.9. The van der Waals surface area contributed by atoms with E-state index in [1.165, 1.54) is 0 Å². The molecule has 1 aliphatic rings. The van der Waals surface area contributed by atoms with Gasteiger partial charge in [-0.15, -0.1) is 0 Å². The van der Waals surface area contributed by atoms with Crippen LogP contribution in [-0.2, 0) is 0 Å². The Morgan fingerprint density at radius 3 is 2.38 bits per heavy atom. The van der Waals surface area contributed by atoms with Crippen LogP contribution in [0.5, 0.6) is 0 Å². The predicted molar refractivity (Wildman–Crippen MR) is 63.9 cm³/mol. The molecule has 0 aromatic carbocycles. The van der Waals surface area contributed by atoms with Crippen molar-refractivity contribution in [3.8, 4) is 0 Å². The number of allylic oxidation sites excluding steroid dienone is 1. The van der Waals surface area contributed by atoms with Crippen LogP contribution in [0.3, 0.4) is 0 Å². The Morgan fingerprint density at radius 1 is 1.31 bits per heavy atom. The van der Waals surface area contributed by atoms with E-state index in [0.29, 0.717) is 6.42 Å². The highest BCUT2D eigenvalue weighted by Gasteiger charge is 2.44. The van der Waals surface area contributed by atoms with E-state index in [-0.39, 0.29) is 17.3 Å². The van der Waals surface area contributed by atoms with Gasteiger partial charge in [-0.05, 0) is 30.6 Å². The van der Waals surface area contributed by atoms with Crippen molar-refractivity contribution in [1.29, 1.82) is 0 Å². The molecule has 3 N–H and O–H groups in total. The zero-order valence-corrected chi connectivity index (χ0v) is 10.6. The van der Waals surface area contributed by atoms with Crippen LogP contribution >= 0.6 is 0 Å². The van der Waals surface area contributed by atoms with Crippen molar-refractivity contribution in [2.24, 2.45) is 17.3 Å². The first-order chi connectivity index (χ1) is 7.25. The van der Waals surface area contributed by atoms with Gasteiger partial charge >= 0.3 is 0 Å². The standard InChI is InChI=1S/C13H24O3/c1-8(14)5-6-10-9(2)12(16)11(15)7-13(10,3)4/h5-6,8-12,14-16H,7H2,1-4H3/b6-5+/t8-,9-,10-,11-,12-/m0/s1. The molecule has 3 heteroatoms. The van der Waals surface area contributed by atoms with Gasteiger partial charge in [0.25, 0.3) is 0 Å². The van der Waals surface area contributed by atoms with E-state index >= 15 is 0 Å². The first-order valence-corrected chi connectivity index (χ1v) is 5.98. The largest absolute Gasteiger partial charge is 0.390 e. The summed E-state index contributed by atoms with van der Waals surface area (Å²) >= 11 is 0. The molecule has 0 aliphatic heterocycles. The lowest BCUT2D eigenvalue weighted by atomic mass is 9.62. The van der Waals surface area contributed by atoms with Crippen LogP contribution < -0.4 is 0 Å². The summed E-state index contributed by atoms with van der Waals surface area (Å²) in [5.41, 5.74) is -0.0521. The lowest BCUT2D eigenvalue weighted by Crippen LogP contribution is -2.48. The molecule has 0 amide bonds. The van der Waals surface area contributed by atoms with Gasteiger partial charge in [-0.25, -0.2) is 0 Å². The summed E-state index contributed by atoms with van der Waals surface area (Å²) < 4.78 is 0. The number of aliphatic hydroxyl groups is 3. The summed E-state index contributed by atoms with van der Waals surface area (Å²) in [6.07, 6.45) is 2.55. The van der Waals surface area contributed by atoms with Gasteiger partial charge in [0.2, 0.25) is 0 Å². The van der Waals surface area contributed by atoms with Crippen molar-refractivity contribution in [3.05, 3.63) is 12.2 Å². The highest BCUT2D eigenvalue weighted by Crippen LogP contribution is 2.44. The van der Waals surface area contributed by atoms with E-state index in [4.69, 9.17) is 0 Å². The fraction of sp³-hybridized carbons (Fsp3) is 0.846. The molecule has 1 rings (SSSR count). The molecule has 0 heterocycles. The van der Waals surface area contributed by atoms with Gasteiger partial charge in [-0.2, -0.15) is 0 Å². The first kappa shape index (κ1) is 13.7. The van der Waals surface area contributed by atoms with Crippen LogP contribution in [0.4, 0.5) is 0 Å². The van der Waals surface area contributed by atoms with Gasteiger partial charge in [0.05, 0.1) is 18.3 Å². The third-order valence-corrected chi connectivity index (χ3v) is 3.73. The quantitative estimate of drug-likeness (QED) is 0.625. The molecular formula is C13H24O3. The van der Waals surface area contributed by atoms with E-state index in [1.807, 2.05) is 13.0 Å². The zero-order valence-electron chi connectivity index (χ0n) is 10.6. The lowest BCUT2D eigenvalue weighted by Gasteiger charge is -2.46. The van der Waals surface area contributed by atoms with E-state index in [2.05, 4.69) is 13.8 Å². The van der Waals surface area contributed by atoms with Gasteiger partial charge in [-0.1, -0.05) is 32.9 Å². The molecule has 0 bridgehead atoms. The van der Waals surface area contributed by atoms with Crippen LogP contribution in [0.2, 0.25) is 0 Å². The number of hydrogen-bond donors (Lipinski definition) is 3. The van der Waals surface area contributed by atoms with Crippen LogP contribution in [0, 0.1) is 17.3 Å². The molecule has 94 valence electrons. The molecular weight excluding hydrogens is 204 g/mol. The van der Waals surface area contributed by atoms with E-state index in [1.54, 1.807) is 13.0 Å². The average molecular weight is 228 g/mol. The summed E-state index contributed by atoms with van der Waals surface area (Å²) in [7, 11) is 0. The summed E-state index contributed by atoms with van der Waals surface area (Å²) in [6, 6.07) is 0. The predicted octanol–water partition coefficient (Wildman–Crippen LogP) is 1.33. The van der Waals surface area contributed by atoms with Crippen molar-refractivity contribution in [1.82, 2.24) is 0 Å². The molecule has 0 aromatic rings. The highest BCUT2D eigenvalue weighted by molar-refractivity contribution is 5.05. The molecule has 0 saturated heterocycles. The zero-order chi connectivity index (χ0) is 12.5. The molecule has 0 unspecified atom stereocenters. The van der Waals surface area contributed by atoms with Crippen LogP contribution in [0.15, 0.2) is 12.2 Å². The van der Waals surface area contributed by atoms with E-state index in [9.17, 15) is 15.3 Å². The maximum absolute atomic E-state index is 9.87. The van der Waals surface area contributed by atoms with E-state index in [0.717, 1.165) is 0 Å². The van der Waals surface area contributed by atoms with Gasteiger partial charge in [0.15, 0.2) is 0 Å². The summed E-state index contributed by atoms with van der Waals surface area (Å²) in [4.78, 5) is 0. The van der Waals surface area contributed by atoms with Crippen LogP contribution in [0.1, 0.15) is 34.1 Å². The Labute approximate surface area is 97.8 Å². The van der Waals surface area contributed by atoms with Gasteiger partial charge < -0.3 is 15.3 Å². The Kier molecular flexibility index (Phi) is 4.16. The Hall–Kier alpha value is -0.380. The van der Waals surface area contributed by atoms with Crippen molar-refractivity contribution in [2.75, 3.05) is 0 Å². The molecule has 3 nitrogen and oxygen atoms in total. The van der Waals surface area contributed by atoms with Crippen molar-refractivity contribution in [3.63, 3.8) is 0 Å². The molecule has 1 fully saturated rings. The normalized spacial score (nSPS) is 41.2. The van der Waals surface area contributed by atoms with Gasteiger partial charge in [0, 0.05) is 0 Å². The van der Waals surface area contributed by atoms with Crippen molar-refractivity contribution in [2.45, 2.75) is 52.4 Å². The topological polar surface area (TPSA) is 60.7 Å². The Morgan fingerprint density at radius 2 is 1.88 bits per heavy atom. The van der Waals surface area contributed by atoms with Crippen molar-refractivity contribution >= 4 is 0 Å². The minimum atomic E-state index is -0.670. The first-order valence-electron chi connectivity index (χ1n) is 5.98. The number of hydrogen-bond acceptors (Lipinski definition) is 3. The fourth-order valence-electron chi connectivity index (χ4n) is 2.79. The molecule has 0 radical (unpaired) electrons. The molecule has 16 heavy (non-hydrogen) atoms. The maximum Gasteiger partial charge on any atom is 0.0830 e. The molecule has 0 aromatic heterocycles. The summed E-state index contributed by atoms with van der Waals surface area (Å²) in [6.45, 7) is 7.85. The second kappa shape index (κ2) is 4.86. The fourth-order valence-corrected chi connectivity index (χ4v) is 2.79. The molecule has 0 spiro atoms. The van der Waals surface area contributed by atoms with Crippen molar-refractivity contribution < 1.29 is 15.3 Å². The second-order valence-electron chi connectivity index (χ2n) is 5.76. The van der Waals surface area contributed by atoms with Crippen LogP contribution in [0.25, 0.3) is 0 Å². The molecule has 5 atom stereocenters. The SMILES string of the molecule is C[C@@H]1[C@H](O)[C@@H](O)CC(C)(C)[C@H]1/C=C/[C@H](C)O. The van der Waals surface area contributed by atoms with Gasteiger partial charge in [0.1, 0.15) is 0 Å². The smallest absolute Gasteiger partial charge is 0.0830 e. The second-order valence-corrected chi connectivity index (χ2v) is 5.76. The monoisotopic (exact) mass is 228 g/mol. The minimum Gasteiger partial charge on any atom is -0.390 e. The average Bonchev–Trinajstić information content (AvgIpc) is 2.12. The Balaban J connectivity index is 2.87. The molecule has 1 saturated carbocycles. The van der Waals surface area contributed by atoms with Crippen LogP contribution in [-0.4, -0.2) is 33.6 Å². The third-order valence-electron chi connectivity index (χ3n) is 3.73. The highest BCUT2D eigenvalue weighted by atomic mass is 16.3. The third kappa shape index (κ3) is 2.84. The number of rotatable bonds is 2. The minimum absolute atomic E-state index is 0.00810. The maximum atomic E-state index is 9.87. The molecule has 1 aliphatic carbocycles. The summed E-state index contributed by atoms with van der Waals surface area (Å²) in [5.74, 6) is 0.189. The number of aliphatic hydroxyl groups excluding tert-OH is 3.